The lowest BCUT2D eigenvalue weighted by Crippen LogP contribution is -2.02. The van der Waals surface area contributed by atoms with Crippen LogP contribution in [0.3, 0.4) is 0 Å². The van der Waals surface area contributed by atoms with E-state index in [1.165, 1.54) is 0 Å². The van der Waals surface area contributed by atoms with E-state index in [0.717, 1.165) is 11.3 Å². The van der Waals surface area contributed by atoms with Crippen LogP contribution in [0, 0.1) is 0 Å². The lowest BCUT2D eigenvalue weighted by atomic mass is 10.2. The number of para-hydroxylation sites is 1. The minimum Gasteiger partial charge on any atom is -0.497 e. The standard InChI is InChI=1S/C17H13NO3/c1-20-13-9-6-12(7-10-13)8-11-16-18-15-5-3-2-4-14(15)17(19)21-16/h2-11H,1H3/b11-8+. The highest BCUT2D eigenvalue weighted by atomic mass is 16.5. The van der Waals surface area contributed by atoms with E-state index in [2.05, 4.69) is 4.98 Å². The lowest BCUT2D eigenvalue weighted by molar-refractivity contribution is 0.415. The van der Waals surface area contributed by atoms with Crippen molar-refractivity contribution in [1.29, 1.82) is 0 Å². The molecule has 2 aromatic carbocycles. The first-order valence-electron chi connectivity index (χ1n) is 6.48. The van der Waals surface area contributed by atoms with Crippen molar-refractivity contribution in [2.24, 2.45) is 0 Å². The van der Waals surface area contributed by atoms with Gasteiger partial charge in [0.15, 0.2) is 0 Å². The Morgan fingerprint density at radius 1 is 1.05 bits per heavy atom. The van der Waals surface area contributed by atoms with Gasteiger partial charge in [0.05, 0.1) is 18.0 Å². The summed E-state index contributed by atoms with van der Waals surface area (Å²) in [5.74, 6) is 1.08. The van der Waals surface area contributed by atoms with Gasteiger partial charge < -0.3 is 9.15 Å². The molecule has 21 heavy (non-hydrogen) atoms. The quantitative estimate of drug-likeness (QED) is 0.737. The SMILES string of the molecule is COc1ccc(/C=C/c2nc3ccccc3c(=O)o2)cc1. The summed E-state index contributed by atoms with van der Waals surface area (Å²) < 4.78 is 10.3. The third kappa shape index (κ3) is 2.84. The van der Waals surface area contributed by atoms with Crippen LogP contribution in [-0.4, -0.2) is 12.1 Å². The summed E-state index contributed by atoms with van der Waals surface area (Å²) in [5.41, 5.74) is 1.21. The van der Waals surface area contributed by atoms with Crippen LogP contribution in [0.2, 0.25) is 0 Å². The molecule has 0 spiro atoms. The molecule has 0 aliphatic heterocycles. The van der Waals surface area contributed by atoms with Gasteiger partial charge in [0.25, 0.3) is 0 Å². The summed E-state index contributed by atoms with van der Waals surface area (Å²) in [5, 5.41) is 0.485. The van der Waals surface area contributed by atoms with Crippen LogP contribution in [0.4, 0.5) is 0 Å². The predicted octanol–water partition coefficient (Wildman–Crippen LogP) is 3.37. The number of nitrogens with zero attached hydrogens (tertiary/aromatic N) is 1. The van der Waals surface area contributed by atoms with Gasteiger partial charge >= 0.3 is 5.63 Å². The number of ether oxygens (including phenoxy) is 1. The molecule has 1 heterocycles. The summed E-state index contributed by atoms with van der Waals surface area (Å²) in [6.07, 6.45) is 3.51. The fourth-order valence-corrected chi connectivity index (χ4v) is 1.99. The van der Waals surface area contributed by atoms with Gasteiger partial charge in [-0.25, -0.2) is 9.78 Å². The Bertz CT molecular complexity index is 848. The van der Waals surface area contributed by atoms with Crippen molar-refractivity contribution in [3.63, 3.8) is 0 Å². The van der Waals surface area contributed by atoms with E-state index in [1.54, 1.807) is 31.4 Å². The first-order valence-corrected chi connectivity index (χ1v) is 6.48. The molecule has 0 saturated carbocycles. The molecule has 4 nitrogen and oxygen atoms in total. The van der Waals surface area contributed by atoms with Gasteiger partial charge in [-0.15, -0.1) is 0 Å². The molecule has 3 aromatic rings. The molecule has 0 atom stereocenters. The molecule has 0 fully saturated rings. The summed E-state index contributed by atoms with van der Waals surface area (Å²) in [6, 6.07) is 14.7. The van der Waals surface area contributed by atoms with Crippen LogP contribution in [0.1, 0.15) is 11.5 Å². The molecule has 0 radical (unpaired) electrons. The van der Waals surface area contributed by atoms with Crippen molar-refractivity contribution < 1.29 is 9.15 Å². The van der Waals surface area contributed by atoms with E-state index in [0.29, 0.717) is 10.9 Å². The van der Waals surface area contributed by atoms with Gasteiger partial charge in [0, 0.05) is 6.08 Å². The van der Waals surface area contributed by atoms with Gasteiger partial charge in [-0.3, -0.25) is 0 Å². The van der Waals surface area contributed by atoms with Crippen molar-refractivity contribution in [2.75, 3.05) is 7.11 Å². The normalized spacial score (nSPS) is 11.1. The van der Waals surface area contributed by atoms with E-state index in [1.807, 2.05) is 36.4 Å². The number of benzene rings is 2. The van der Waals surface area contributed by atoms with Gasteiger partial charge in [-0.1, -0.05) is 24.3 Å². The first kappa shape index (κ1) is 13.1. The van der Waals surface area contributed by atoms with E-state index in [9.17, 15) is 4.79 Å². The smallest absolute Gasteiger partial charge is 0.347 e. The maximum absolute atomic E-state index is 11.8. The average molecular weight is 279 g/mol. The molecule has 0 aliphatic carbocycles. The minimum atomic E-state index is -0.380. The van der Waals surface area contributed by atoms with Crippen LogP contribution in [0.25, 0.3) is 23.1 Å². The number of methoxy groups -OCH3 is 1. The maximum Gasteiger partial charge on any atom is 0.347 e. The monoisotopic (exact) mass is 279 g/mol. The Hall–Kier alpha value is -2.88. The Labute approximate surface area is 121 Å². The van der Waals surface area contributed by atoms with Crippen LogP contribution < -0.4 is 10.4 Å². The Kier molecular flexibility index (Phi) is 3.51. The predicted molar refractivity (Wildman–Crippen MR) is 82.2 cm³/mol. The fourth-order valence-electron chi connectivity index (χ4n) is 1.99. The van der Waals surface area contributed by atoms with Crippen molar-refractivity contribution in [3.05, 3.63) is 70.4 Å². The van der Waals surface area contributed by atoms with Crippen molar-refractivity contribution >= 4 is 23.1 Å². The van der Waals surface area contributed by atoms with E-state index >= 15 is 0 Å². The minimum absolute atomic E-state index is 0.287. The first-order chi connectivity index (χ1) is 10.3. The molecule has 0 aliphatic rings. The molecule has 0 amide bonds. The van der Waals surface area contributed by atoms with E-state index in [-0.39, 0.29) is 11.5 Å². The molecule has 0 unspecified atom stereocenters. The number of aromatic nitrogens is 1. The zero-order chi connectivity index (χ0) is 14.7. The summed E-state index contributed by atoms with van der Waals surface area (Å²) in [7, 11) is 1.62. The average Bonchev–Trinajstić information content (AvgIpc) is 2.53. The van der Waals surface area contributed by atoms with Crippen LogP contribution in [-0.2, 0) is 0 Å². The zero-order valence-electron chi connectivity index (χ0n) is 11.4. The number of fused-ring (bicyclic) bond motifs is 1. The molecule has 0 N–H and O–H groups in total. The Balaban J connectivity index is 1.93. The molecule has 0 saturated heterocycles. The second-order valence-corrected chi connectivity index (χ2v) is 4.46. The highest BCUT2D eigenvalue weighted by molar-refractivity contribution is 5.78. The molecule has 104 valence electrons. The zero-order valence-corrected chi connectivity index (χ0v) is 11.4. The number of hydrogen-bond donors (Lipinski definition) is 0. The highest BCUT2D eigenvalue weighted by Gasteiger charge is 2.02. The maximum atomic E-state index is 11.8. The lowest BCUT2D eigenvalue weighted by Gasteiger charge is -1.99. The van der Waals surface area contributed by atoms with Crippen molar-refractivity contribution in [3.8, 4) is 5.75 Å². The Morgan fingerprint density at radius 3 is 2.57 bits per heavy atom. The summed E-state index contributed by atoms with van der Waals surface area (Å²) >= 11 is 0. The van der Waals surface area contributed by atoms with Gasteiger partial charge in [-0.2, -0.15) is 0 Å². The van der Waals surface area contributed by atoms with Crippen LogP contribution in [0.5, 0.6) is 5.75 Å². The molecule has 3 rings (SSSR count). The molecule has 4 heteroatoms. The third-order valence-electron chi connectivity index (χ3n) is 3.09. The second kappa shape index (κ2) is 5.63. The van der Waals surface area contributed by atoms with Gasteiger partial charge in [0.2, 0.25) is 5.89 Å². The summed E-state index contributed by atoms with van der Waals surface area (Å²) in [6.45, 7) is 0. The van der Waals surface area contributed by atoms with Crippen molar-refractivity contribution in [1.82, 2.24) is 4.98 Å². The molecule has 1 aromatic heterocycles. The van der Waals surface area contributed by atoms with Crippen LogP contribution in [0.15, 0.2) is 57.7 Å². The highest BCUT2D eigenvalue weighted by Crippen LogP contribution is 2.14. The fraction of sp³-hybridized carbons (Fsp3) is 0.0588. The Morgan fingerprint density at radius 2 is 1.81 bits per heavy atom. The molecule has 0 bridgehead atoms. The van der Waals surface area contributed by atoms with Gasteiger partial charge in [0.1, 0.15) is 5.75 Å². The van der Waals surface area contributed by atoms with Gasteiger partial charge in [-0.05, 0) is 35.9 Å². The van der Waals surface area contributed by atoms with E-state index in [4.69, 9.17) is 9.15 Å². The van der Waals surface area contributed by atoms with Crippen molar-refractivity contribution in [2.45, 2.75) is 0 Å². The van der Waals surface area contributed by atoms with E-state index < -0.39 is 0 Å². The summed E-state index contributed by atoms with van der Waals surface area (Å²) in [4.78, 5) is 16.1. The largest absolute Gasteiger partial charge is 0.497 e. The topological polar surface area (TPSA) is 52.3 Å². The number of rotatable bonds is 3. The number of hydrogen-bond acceptors (Lipinski definition) is 4. The second-order valence-electron chi connectivity index (χ2n) is 4.46. The third-order valence-corrected chi connectivity index (χ3v) is 3.09. The van der Waals surface area contributed by atoms with Crippen LogP contribution >= 0.6 is 0 Å². The molecular formula is C17H13NO3. The molecular weight excluding hydrogens is 266 g/mol.